The Morgan fingerprint density at radius 1 is 1.03 bits per heavy atom. The lowest BCUT2D eigenvalue weighted by Gasteiger charge is -2.29. The predicted molar refractivity (Wildman–Crippen MR) is 141 cm³/mol. The molecule has 0 heterocycles. The molecule has 1 rings (SSSR count). The number of nitrogens with zero attached hydrogens (tertiary/aromatic N) is 2. The number of carbonyl (C=O) groups excluding carboxylic acids is 2. The monoisotopic (exact) mass is 606 g/mol. The van der Waals surface area contributed by atoms with Crippen molar-refractivity contribution in [2.75, 3.05) is 49.9 Å². The SMILES string of the molecule is CN(CCCC(O)(P(=O)(O)O)P(=O)(O)O)C(=O)CNC(=O)[C@@H](N)Cc1ccc(N(CCCl)CCCl)cc1. The number of nitrogens with one attached hydrogen (secondary N) is 1. The number of halogens is 2. The van der Waals surface area contributed by atoms with Gasteiger partial charge in [-0.2, -0.15) is 0 Å². The number of benzene rings is 1. The fraction of sp³-hybridized carbons (Fsp3) is 0.600. The zero-order valence-electron chi connectivity index (χ0n) is 20.2. The van der Waals surface area contributed by atoms with Gasteiger partial charge in [0.2, 0.25) is 11.8 Å². The Labute approximate surface area is 225 Å². The van der Waals surface area contributed by atoms with E-state index in [-0.39, 0.29) is 19.4 Å². The van der Waals surface area contributed by atoms with E-state index in [2.05, 4.69) is 5.32 Å². The van der Waals surface area contributed by atoms with Crippen LogP contribution in [0.3, 0.4) is 0 Å². The lowest BCUT2D eigenvalue weighted by Crippen LogP contribution is -2.46. The summed E-state index contributed by atoms with van der Waals surface area (Å²) in [6.45, 7) is 0.646. The zero-order valence-corrected chi connectivity index (χ0v) is 23.5. The molecular weight excluding hydrogens is 573 g/mol. The first-order chi connectivity index (χ1) is 17.1. The van der Waals surface area contributed by atoms with Crippen molar-refractivity contribution >= 4 is 55.9 Å². The number of aliphatic hydroxyl groups is 1. The minimum absolute atomic E-state index is 0.195. The molecule has 0 radical (unpaired) electrons. The van der Waals surface area contributed by atoms with Crippen LogP contribution in [0.1, 0.15) is 18.4 Å². The lowest BCUT2D eigenvalue weighted by atomic mass is 10.1. The van der Waals surface area contributed by atoms with Crippen LogP contribution < -0.4 is 16.0 Å². The minimum Gasteiger partial charge on any atom is -0.369 e. The molecule has 0 saturated heterocycles. The highest BCUT2D eigenvalue weighted by Crippen LogP contribution is 2.69. The summed E-state index contributed by atoms with van der Waals surface area (Å²) in [5, 5.41) is 8.74. The van der Waals surface area contributed by atoms with Crippen LogP contribution in [-0.2, 0) is 25.1 Å². The van der Waals surface area contributed by atoms with Crippen LogP contribution in [-0.4, -0.2) is 97.5 Å². The second-order valence-electron chi connectivity index (χ2n) is 8.34. The molecule has 13 nitrogen and oxygen atoms in total. The van der Waals surface area contributed by atoms with Crippen LogP contribution in [0.15, 0.2) is 24.3 Å². The number of carbonyl (C=O) groups is 2. The number of nitrogens with two attached hydrogens (primary N) is 1. The first-order valence-electron chi connectivity index (χ1n) is 11.1. The lowest BCUT2D eigenvalue weighted by molar-refractivity contribution is -0.132. The Morgan fingerprint density at radius 2 is 1.54 bits per heavy atom. The minimum atomic E-state index is -5.57. The molecule has 1 aromatic carbocycles. The van der Waals surface area contributed by atoms with E-state index < -0.39 is 51.1 Å². The van der Waals surface area contributed by atoms with E-state index in [0.717, 1.165) is 16.2 Å². The maximum absolute atomic E-state index is 12.3. The predicted octanol–water partition coefficient (Wildman–Crippen LogP) is 0.197. The number of amides is 2. The van der Waals surface area contributed by atoms with Crippen molar-refractivity contribution in [1.82, 2.24) is 10.2 Å². The Kier molecular flexibility index (Phi) is 13.5. The summed E-state index contributed by atoms with van der Waals surface area (Å²) in [4.78, 5) is 64.3. The van der Waals surface area contributed by atoms with Gasteiger partial charge in [-0.3, -0.25) is 18.7 Å². The number of hydrogen-bond donors (Lipinski definition) is 7. The van der Waals surface area contributed by atoms with Crippen molar-refractivity contribution in [1.29, 1.82) is 0 Å². The second-order valence-corrected chi connectivity index (χ2v) is 13.1. The van der Waals surface area contributed by atoms with Gasteiger partial charge in [0.05, 0.1) is 12.6 Å². The number of rotatable bonds is 16. The summed E-state index contributed by atoms with van der Waals surface area (Å²) in [6, 6.07) is 6.46. The van der Waals surface area contributed by atoms with Gasteiger partial charge in [-0.1, -0.05) is 12.1 Å². The van der Waals surface area contributed by atoms with Crippen molar-refractivity contribution in [3.63, 3.8) is 0 Å². The fourth-order valence-electron chi connectivity index (χ4n) is 3.33. The van der Waals surface area contributed by atoms with E-state index in [9.17, 15) is 23.8 Å². The summed E-state index contributed by atoms with van der Waals surface area (Å²) >= 11 is 11.6. The van der Waals surface area contributed by atoms with Gasteiger partial charge in [0.1, 0.15) is 0 Å². The van der Waals surface area contributed by atoms with Gasteiger partial charge in [0.15, 0.2) is 0 Å². The fourth-order valence-corrected chi connectivity index (χ4v) is 6.00. The average molecular weight is 607 g/mol. The number of alkyl halides is 2. The van der Waals surface area contributed by atoms with Gasteiger partial charge in [0, 0.05) is 50.6 Å². The van der Waals surface area contributed by atoms with E-state index >= 15 is 0 Å². The summed E-state index contributed by atoms with van der Waals surface area (Å²) in [7, 11) is -9.82. The van der Waals surface area contributed by atoms with E-state index in [1.54, 1.807) is 0 Å². The molecule has 8 N–H and O–H groups in total. The van der Waals surface area contributed by atoms with Crippen LogP contribution in [0.5, 0.6) is 0 Å². The molecular formula is C20H34Cl2N4O9P2. The molecule has 17 heteroatoms. The molecule has 0 fully saturated rings. The molecule has 0 spiro atoms. The van der Waals surface area contributed by atoms with E-state index in [1.807, 2.05) is 29.2 Å². The second kappa shape index (κ2) is 14.8. The molecule has 37 heavy (non-hydrogen) atoms. The van der Waals surface area contributed by atoms with Crippen molar-refractivity contribution in [2.45, 2.75) is 30.4 Å². The first-order valence-corrected chi connectivity index (χ1v) is 15.4. The molecule has 1 aromatic rings. The van der Waals surface area contributed by atoms with Crippen LogP contribution in [0.2, 0.25) is 0 Å². The summed E-state index contributed by atoms with van der Waals surface area (Å²) < 4.78 is 22.8. The third kappa shape index (κ3) is 10.1. The van der Waals surface area contributed by atoms with Crippen molar-refractivity contribution < 1.29 is 43.4 Å². The normalized spacial score (nSPS) is 13.2. The van der Waals surface area contributed by atoms with E-state index in [0.29, 0.717) is 24.8 Å². The average Bonchev–Trinajstić information content (AvgIpc) is 2.80. The van der Waals surface area contributed by atoms with E-state index in [1.165, 1.54) is 7.05 Å². The molecule has 0 unspecified atom stereocenters. The zero-order chi connectivity index (χ0) is 28.4. The third-order valence-electron chi connectivity index (χ3n) is 5.58. The van der Waals surface area contributed by atoms with Crippen molar-refractivity contribution in [3.05, 3.63) is 29.8 Å². The standard InChI is InChI=1S/C20H34Cl2N4O9P2/c1-25(10-2-7-20(29,36(30,31)32)37(33,34)35)18(27)14-24-19(28)17(23)13-15-3-5-16(6-4-15)26(11-8-21)12-9-22/h3-6,17,29H,2,7-14,23H2,1H3,(H,24,28)(H2,30,31,32)(H2,33,34,35)/t17-/m0/s1. The van der Waals surface area contributed by atoms with Crippen LogP contribution in [0, 0.1) is 0 Å². The Balaban J connectivity index is 2.56. The highest BCUT2D eigenvalue weighted by molar-refractivity contribution is 7.72. The Bertz CT molecular complexity index is 963. The topological polar surface area (TPSA) is 214 Å². The quantitative estimate of drug-likeness (QED) is 0.0996. The molecule has 0 aliphatic heterocycles. The Hall–Kier alpha value is -1.24. The molecule has 0 aliphatic carbocycles. The van der Waals surface area contributed by atoms with Crippen molar-refractivity contribution in [2.24, 2.45) is 5.73 Å². The highest BCUT2D eigenvalue weighted by Gasteiger charge is 2.58. The molecule has 0 aromatic heterocycles. The number of likely N-dealkylation sites (N-methyl/N-ethyl adjacent to an activating group) is 1. The van der Waals surface area contributed by atoms with Crippen LogP contribution in [0.25, 0.3) is 0 Å². The summed E-state index contributed by atoms with van der Waals surface area (Å²) in [5.74, 6) is -0.269. The molecule has 0 bridgehead atoms. The van der Waals surface area contributed by atoms with Crippen LogP contribution >= 0.6 is 38.4 Å². The first kappa shape index (κ1) is 33.8. The van der Waals surface area contributed by atoms with Gasteiger partial charge in [0.25, 0.3) is 5.08 Å². The maximum Gasteiger partial charge on any atom is 0.369 e. The molecule has 212 valence electrons. The largest absolute Gasteiger partial charge is 0.369 e. The summed E-state index contributed by atoms with van der Waals surface area (Å²) in [6.07, 6.45) is -1.07. The van der Waals surface area contributed by atoms with Gasteiger partial charge in [-0.05, 0) is 30.5 Å². The Morgan fingerprint density at radius 3 is 2.00 bits per heavy atom. The molecule has 1 atom stereocenters. The third-order valence-corrected chi connectivity index (χ3v) is 9.80. The summed E-state index contributed by atoms with van der Waals surface area (Å²) in [5.41, 5.74) is 7.68. The van der Waals surface area contributed by atoms with E-state index in [4.69, 9.17) is 48.5 Å². The number of anilines is 1. The maximum atomic E-state index is 12.3. The smallest absolute Gasteiger partial charge is 0.369 e. The van der Waals surface area contributed by atoms with Gasteiger partial charge in [-0.25, -0.2) is 0 Å². The van der Waals surface area contributed by atoms with Gasteiger partial charge < -0.3 is 45.5 Å². The molecule has 0 aliphatic rings. The molecule has 0 saturated carbocycles. The van der Waals surface area contributed by atoms with Gasteiger partial charge >= 0.3 is 15.2 Å². The highest BCUT2D eigenvalue weighted by atomic mass is 35.5. The molecule has 2 amide bonds. The van der Waals surface area contributed by atoms with Crippen LogP contribution in [0.4, 0.5) is 5.69 Å². The number of hydrogen-bond acceptors (Lipinski definition) is 7. The van der Waals surface area contributed by atoms with Crippen molar-refractivity contribution in [3.8, 4) is 0 Å². The van der Waals surface area contributed by atoms with Gasteiger partial charge in [-0.15, -0.1) is 23.2 Å².